The highest BCUT2D eigenvalue weighted by Crippen LogP contribution is 2.30. The molecule has 1 amide bonds. The van der Waals surface area contributed by atoms with E-state index < -0.39 is 5.91 Å². The molecule has 0 saturated carbocycles. The molecular formula is C21H19N5O3. The van der Waals surface area contributed by atoms with Gasteiger partial charge in [-0.05, 0) is 43.3 Å². The lowest BCUT2D eigenvalue weighted by atomic mass is 10.2. The molecule has 0 fully saturated rings. The zero-order valence-electron chi connectivity index (χ0n) is 16.2. The largest absolute Gasteiger partial charge is 0.493 e. The molecule has 2 aromatic carbocycles. The van der Waals surface area contributed by atoms with Crippen molar-refractivity contribution < 1.29 is 14.3 Å². The topological polar surface area (TPSA) is 109 Å². The number of nitriles is 1. The first kappa shape index (κ1) is 19.6. The first-order valence-electron chi connectivity index (χ1n) is 8.68. The first-order chi connectivity index (χ1) is 14.0. The van der Waals surface area contributed by atoms with Crippen molar-refractivity contribution >= 4 is 23.2 Å². The highest BCUT2D eigenvalue weighted by molar-refractivity contribution is 6.03. The van der Waals surface area contributed by atoms with Gasteiger partial charge in [0, 0.05) is 23.1 Å². The molecule has 146 valence electrons. The Bertz CT molecular complexity index is 1090. The molecule has 8 nitrogen and oxygen atoms in total. The van der Waals surface area contributed by atoms with E-state index in [9.17, 15) is 4.79 Å². The van der Waals surface area contributed by atoms with Crippen LogP contribution >= 0.6 is 0 Å². The molecule has 0 aliphatic carbocycles. The molecule has 0 saturated heterocycles. The Hall–Kier alpha value is -4.12. The van der Waals surface area contributed by atoms with Crippen molar-refractivity contribution in [2.75, 3.05) is 24.9 Å². The van der Waals surface area contributed by atoms with Gasteiger partial charge in [0.15, 0.2) is 11.5 Å². The van der Waals surface area contributed by atoms with E-state index in [1.807, 2.05) is 6.07 Å². The molecule has 2 N–H and O–H groups in total. The summed E-state index contributed by atoms with van der Waals surface area (Å²) in [6.07, 6.45) is 0. The maximum Gasteiger partial charge on any atom is 0.274 e. The predicted octanol–water partition coefficient (Wildman–Crippen LogP) is 3.67. The highest BCUT2D eigenvalue weighted by Gasteiger charge is 2.12. The lowest BCUT2D eigenvalue weighted by molar-refractivity contribution is 0.102. The summed E-state index contributed by atoms with van der Waals surface area (Å²) in [5, 5.41) is 14.8. The van der Waals surface area contributed by atoms with Crippen LogP contribution < -0.4 is 20.1 Å². The Kier molecular flexibility index (Phi) is 5.90. The van der Waals surface area contributed by atoms with Crippen molar-refractivity contribution in [3.05, 3.63) is 65.5 Å². The standard InChI is InChI=1S/C21H19N5O3/c1-13-9-17(20(27)24-15-6-4-5-14(10-15)12-22)26-21(23-13)25-16-7-8-18(28-2)19(11-16)29-3/h4-11H,1-3H3,(H,24,27)(H,23,25,26). The van der Waals surface area contributed by atoms with Crippen LogP contribution in [0.25, 0.3) is 0 Å². The van der Waals surface area contributed by atoms with E-state index in [2.05, 4.69) is 20.6 Å². The van der Waals surface area contributed by atoms with Gasteiger partial charge < -0.3 is 20.1 Å². The number of anilines is 3. The van der Waals surface area contributed by atoms with Crippen LogP contribution in [0.2, 0.25) is 0 Å². The number of carbonyl (C=O) groups is 1. The van der Waals surface area contributed by atoms with Gasteiger partial charge in [-0.15, -0.1) is 0 Å². The number of nitrogens with one attached hydrogen (secondary N) is 2. The van der Waals surface area contributed by atoms with Crippen molar-refractivity contribution in [3.8, 4) is 17.6 Å². The van der Waals surface area contributed by atoms with Gasteiger partial charge in [-0.1, -0.05) is 6.07 Å². The number of nitrogens with zero attached hydrogens (tertiary/aromatic N) is 3. The van der Waals surface area contributed by atoms with Gasteiger partial charge in [0.05, 0.1) is 25.9 Å². The number of hydrogen-bond acceptors (Lipinski definition) is 7. The average molecular weight is 389 g/mol. The second-order valence-electron chi connectivity index (χ2n) is 6.06. The number of rotatable bonds is 6. The van der Waals surface area contributed by atoms with Gasteiger partial charge >= 0.3 is 0 Å². The summed E-state index contributed by atoms with van der Waals surface area (Å²) < 4.78 is 10.5. The number of aryl methyl sites for hydroxylation is 1. The molecule has 0 atom stereocenters. The van der Waals surface area contributed by atoms with Crippen molar-refractivity contribution in [1.82, 2.24) is 9.97 Å². The van der Waals surface area contributed by atoms with Gasteiger partial charge in [0.1, 0.15) is 5.69 Å². The normalized spacial score (nSPS) is 10.0. The highest BCUT2D eigenvalue weighted by atomic mass is 16.5. The smallest absolute Gasteiger partial charge is 0.274 e. The van der Waals surface area contributed by atoms with Crippen LogP contribution in [0.15, 0.2) is 48.5 Å². The Morgan fingerprint density at radius 3 is 2.52 bits per heavy atom. The van der Waals surface area contributed by atoms with Gasteiger partial charge in [0.25, 0.3) is 5.91 Å². The summed E-state index contributed by atoms with van der Waals surface area (Å²) in [5.74, 6) is 1.03. The third-order valence-corrected chi connectivity index (χ3v) is 3.98. The first-order valence-corrected chi connectivity index (χ1v) is 8.68. The molecule has 0 bridgehead atoms. The summed E-state index contributed by atoms with van der Waals surface area (Å²) >= 11 is 0. The summed E-state index contributed by atoms with van der Waals surface area (Å²) in [7, 11) is 3.11. The molecular weight excluding hydrogens is 370 g/mol. The third kappa shape index (κ3) is 4.78. The second-order valence-corrected chi connectivity index (χ2v) is 6.06. The fourth-order valence-electron chi connectivity index (χ4n) is 2.65. The monoisotopic (exact) mass is 389 g/mol. The Labute approximate surface area is 168 Å². The minimum absolute atomic E-state index is 0.197. The van der Waals surface area contributed by atoms with Crippen molar-refractivity contribution in [2.45, 2.75) is 6.92 Å². The maximum absolute atomic E-state index is 12.6. The van der Waals surface area contributed by atoms with E-state index in [-0.39, 0.29) is 11.6 Å². The molecule has 3 rings (SSSR count). The van der Waals surface area contributed by atoms with Gasteiger partial charge in [0.2, 0.25) is 5.95 Å². The number of amides is 1. The van der Waals surface area contributed by atoms with Gasteiger partial charge in [-0.3, -0.25) is 4.79 Å². The number of carbonyl (C=O) groups excluding carboxylic acids is 1. The van der Waals surface area contributed by atoms with Crippen LogP contribution in [0.1, 0.15) is 21.7 Å². The zero-order chi connectivity index (χ0) is 20.8. The summed E-state index contributed by atoms with van der Waals surface area (Å²) in [5.41, 5.74) is 2.47. The molecule has 8 heteroatoms. The minimum atomic E-state index is -0.402. The summed E-state index contributed by atoms with van der Waals surface area (Å²) in [4.78, 5) is 21.2. The van der Waals surface area contributed by atoms with Gasteiger partial charge in [-0.2, -0.15) is 5.26 Å². The van der Waals surface area contributed by atoms with Crippen LogP contribution in [0.5, 0.6) is 11.5 Å². The van der Waals surface area contributed by atoms with Gasteiger partial charge in [-0.25, -0.2) is 9.97 Å². The van der Waals surface area contributed by atoms with Crippen molar-refractivity contribution in [3.63, 3.8) is 0 Å². The predicted molar refractivity (Wildman–Crippen MR) is 109 cm³/mol. The average Bonchev–Trinajstić information content (AvgIpc) is 2.73. The maximum atomic E-state index is 12.6. The van der Waals surface area contributed by atoms with E-state index in [4.69, 9.17) is 14.7 Å². The number of benzene rings is 2. The van der Waals surface area contributed by atoms with Crippen molar-refractivity contribution in [1.29, 1.82) is 5.26 Å². The number of methoxy groups -OCH3 is 2. The Balaban J connectivity index is 1.82. The number of aromatic nitrogens is 2. The lowest BCUT2D eigenvalue weighted by Crippen LogP contribution is -2.15. The molecule has 0 aliphatic rings. The quantitative estimate of drug-likeness (QED) is 0.662. The van der Waals surface area contributed by atoms with Crippen LogP contribution in [0, 0.1) is 18.3 Å². The molecule has 0 spiro atoms. The van der Waals surface area contributed by atoms with E-state index in [1.165, 1.54) is 0 Å². The molecule has 0 radical (unpaired) electrons. The second kappa shape index (κ2) is 8.71. The SMILES string of the molecule is COc1ccc(Nc2nc(C)cc(C(=O)Nc3cccc(C#N)c3)n2)cc1OC. The Morgan fingerprint density at radius 1 is 1.00 bits per heavy atom. The van der Waals surface area contributed by atoms with Crippen LogP contribution in [0.4, 0.5) is 17.3 Å². The van der Waals surface area contributed by atoms with Crippen LogP contribution in [-0.4, -0.2) is 30.1 Å². The van der Waals surface area contributed by atoms with Crippen LogP contribution in [0.3, 0.4) is 0 Å². The molecule has 3 aromatic rings. The van der Waals surface area contributed by atoms with E-state index in [0.717, 1.165) is 0 Å². The van der Waals surface area contributed by atoms with Crippen LogP contribution in [-0.2, 0) is 0 Å². The van der Waals surface area contributed by atoms with Crippen molar-refractivity contribution in [2.24, 2.45) is 0 Å². The molecule has 1 aromatic heterocycles. The summed E-state index contributed by atoms with van der Waals surface area (Å²) in [6, 6.07) is 15.6. The van der Waals surface area contributed by atoms with E-state index in [1.54, 1.807) is 69.7 Å². The lowest BCUT2D eigenvalue weighted by Gasteiger charge is -2.12. The molecule has 29 heavy (non-hydrogen) atoms. The van der Waals surface area contributed by atoms with E-state index in [0.29, 0.717) is 34.1 Å². The minimum Gasteiger partial charge on any atom is -0.493 e. The number of ether oxygens (including phenoxy) is 2. The Morgan fingerprint density at radius 2 is 1.79 bits per heavy atom. The molecule has 0 unspecified atom stereocenters. The van der Waals surface area contributed by atoms with E-state index >= 15 is 0 Å². The third-order valence-electron chi connectivity index (χ3n) is 3.98. The molecule has 0 aliphatic heterocycles. The fourth-order valence-corrected chi connectivity index (χ4v) is 2.65. The zero-order valence-corrected chi connectivity index (χ0v) is 16.2. The molecule has 1 heterocycles. The number of hydrogen-bond donors (Lipinski definition) is 2. The summed E-state index contributed by atoms with van der Waals surface area (Å²) in [6.45, 7) is 1.77. The fraction of sp³-hybridized carbons (Fsp3) is 0.143.